The second-order valence-electron chi connectivity index (χ2n) is 17.0. The fraction of sp³-hybridized carbons (Fsp3) is 0.0339. The highest BCUT2D eigenvalue weighted by Gasteiger charge is 2.58. The quantitative estimate of drug-likeness (QED) is 0.177. The highest BCUT2D eigenvalue weighted by Crippen LogP contribution is 2.67. The van der Waals surface area contributed by atoms with Crippen LogP contribution in [0.15, 0.2) is 227 Å². The Bertz CT molecular complexity index is 3640. The Labute approximate surface area is 374 Å². The highest BCUT2D eigenvalue weighted by atomic mass is 32.2. The molecule has 3 heterocycles. The van der Waals surface area contributed by atoms with Crippen molar-refractivity contribution in [3.05, 3.63) is 257 Å². The molecule has 5 heteroatoms. The number of nitrogens with zero attached hydrogens (tertiary/aromatic N) is 3. The van der Waals surface area contributed by atoms with E-state index in [4.69, 9.17) is 19.4 Å². The largest absolute Gasteiger partial charge is 0.456 e. The lowest BCUT2D eigenvalue weighted by molar-refractivity contribution is 0.605. The Kier molecular flexibility index (Phi) is 7.43. The highest BCUT2D eigenvalue weighted by molar-refractivity contribution is 7.99. The van der Waals surface area contributed by atoms with Crippen LogP contribution in [-0.2, 0) is 10.8 Å². The van der Waals surface area contributed by atoms with Crippen LogP contribution < -0.4 is 0 Å². The van der Waals surface area contributed by atoms with Crippen molar-refractivity contribution >= 4 is 33.7 Å². The van der Waals surface area contributed by atoms with Crippen LogP contribution in [0, 0.1) is 0 Å². The fourth-order valence-electron chi connectivity index (χ4n) is 11.4. The lowest BCUT2D eigenvalue weighted by Crippen LogP contribution is -2.45. The van der Waals surface area contributed by atoms with E-state index in [9.17, 15) is 0 Å². The number of para-hydroxylation sites is 1. The summed E-state index contributed by atoms with van der Waals surface area (Å²) < 4.78 is 6.33. The van der Waals surface area contributed by atoms with Gasteiger partial charge in [0.2, 0.25) is 0 Å². The monoisotopic (exact) mass is 833 g/mol. The predicted octanol–water partition coefficient (Wildman–Crippen LogP) is 14.3. The van der Waals surface area contributed by atoms with Gasteiger partial charge in [0.15, 0.2) is 17.5 Å². The summed E-state index contributed by atoms with van der Waals surface area (Å²) in [6.45, 7) is 0. The van der Waals surface area contributed by atoms with Crippen molar-refractivity contribution in [2.24, 2.45) is 0 Å². The smallest absolute Gasteiger partial charge is 0.164 e. The fourth-order valence-corrected chi connectivity index (χ4v) is 12.6. The van der Waals surface area contributed by atoms with Crippen LogP contribution in [0.4, 0.5) is 0 Å². The van der Waals surface area contributed by atoms with Crippen molar-refractivity contribution in [2.75, 3.05) is 0 Å². The molecule has 4 nitrogen and oxygen atoms in total. The number of hydrogen-bond donors (Lipinski definition) is 0. The summed E-state index contributed by atoms with van der Waals surface area (Å²) in [6, 6.07) is 77.1. The van der Waals surface area contributed by atoms with Crippen LogP contribution in [0.25, 0.3) is 67.2 Å². The van der Waals surface area contributed by atoms with E-state index >= 15 is 0 Å². The maximum Gasteiger partial charge on any atom is 0.164 e. The van der Waals surface area contributed by atoms with Gasteiger partial charge in [0.05, 0.1) is 10.8 Å². The van der Waals surface area contributed by atoms with Crippen LogP contribution in [0.1, 0.15) is 44.5 Å². The second kappa shape index (κ2) is 13.3. The van der Waals surface area contributed by atoms with Crippen molar-refractivity contribution < 1.29 is 4.42 Å². The van der Waals surface area contributed by atoms with Gasteiger partial charge in [-0.15, -0.1) is 0 Å². The maximum atomic E-state index is 6.33. The predicted molar refractivity (Wildman–Crippen MR) is 257 cm³/mol. The van der Waals surface area contributed by atoms with E-state index in [0.717, 1.165) is 38.6 Å². The first-order valence-corrected chi connectivity index (χ1v) is 22.6. The summed E-state index contributed by atoms with van der Waals surface area (Å²) >= 11 is 1.83. The van der Waals surface area contributed by atoms with Gasteiger partial charge in [0.1, 0.15) is 11.2 Å². The molecule has 298 valence electrons. The van der Waals surface area contributed by atoms with Gasteiger partial charge in [0.25, 0.3) is 0 Å². The summed E-state index contributed by atoms with van der Waals surface area (Å²) in [7, 11) is 0. The van der Waals surface area contributed by atoms with Gasteiger partial charge in [-0.05, 0) is 86.0 Å². The summed E-state index contributed by atoms with van der Waals surface area (Å²) in [4.78, 5) is 18.0. The van der Waals surface area contributed by atoms with Crippen molar-refractivity contribution in [1.82, 2.24) is 15.0 Å². The summed E-state index contributed by atoms with van der Waals surface area (Å²) in [5.74, 6) is 1.83. The van der Waals surface area contributed by atoms with Crippen molar-refractivity contribution in [3.8, 4) is 45.3 Å². The molecule has 0 radical (unpaired) electrons. The van der Waals surface area contributed by atoms with Crippen LogP contribution >= 0.6 is 11.8 Å². The molecule has 0 saturated heterocycles. The van der Waals surface area contributed by atoms with Gasteiger partial charge in [-0.25, -0.2) is 15.0 Å². The van der Waals surface area contributed by atoms with Gasteiger partial charge < -0.3 is 4.42 Å². The van der Waals surface area contributed by atoms with E-state index < -0.39 is 10.8 Å². The first-order valence-electron chi connectivity index (χ1n) is 21.8. The molecule has 0 bridgehead atoms. The summed E-state index contributed by atoms with van der Waals surface area (Å²) in [5.41, 5.74) is 16.3. The number of hydrogen-bond acceptors (Lipinski definition) is 5. The van der Waals surface area contributed by atoms with Gasteiger partial charge in [-0.3, -0.25) is 0 Å². The second-order valence-corrected chi connectivity index (χ2v) is 18.1. The maximum absolute atomic E-state index is 6.33. The zero-order valence-electron chi connectivity index (χ0n) is 34.4. The molecule has 2 aromatic heterocycles. The zero-order chi connectivity index (χ0) is 42.0. The van der Waals surface area contributed by atoms with Gasteiger partial charge >= 0.3 is 0 Å². The Hall–Kier alpha value is -7.86. The third-order valence-corrected chi connectivity index (χ3v) is 15.0. The molecule has 2 aliphatic carbocycles. The minimum Gasteiger partial charge on any atom is -0.456 e. The Morgan fingerprint density at radius 1 is 0.312 bits per heavy atom. The van der Waals surface area contributed by atoms with Crippen molar-refractivity contribution in [3.63, 3.8) is 0 Å². The normalized spacial score (nSPS) is 14.4. The van der Waals surface area contributed by atoms with Crippen LogP contribution in [-0.4, -0.2) is 15.0 Å². The number of aromatic nitrogens is 3. The third kappa shape index (κ3) is 4.71. The van der Waals surface area contributed by atoms with Crippen LogP contribution in [0.3, 0.4) is 0 Å². The molecule has 64 heavy (non-hydrogen) atoms. The third-order valence-electron chi connectivity index (χ3n) is 13.9. The molecule has 2 spiro atoms. The van der Waals surface area contributed by atoms with Crippen molar-refractivity contribution in [2.45, 2.75) is 20.6 Å². The summed E-state index contributed by atoms with van der Waals surface area (Å²) in [6.07, 6.45) is 0. The van der Waals surface area contributed by atoms with Gasteiger partial charge in [-0.1, -0.05) is 194 Å². The van der Waals surface area contributed by atoms with E-state index in [1.807, 2.05) is 48.2 Å². The Morgan fingerprint density at radius 2 is 0.766 bits per heavy atom. The van der Waals surface area contributed by atoms with E-state index in [0.29, 0.717) is 17.5 Å². The number of rotatable bonds is 3. The number of fused-ring (bicyclic) bond motifs is 18. The van der Waals surface area contributed by atoms with Gasteiger partial charge in [0, 0.05) is 37.3 Å². The topological polar surface area (TPSA) is 51.8 Å². The number of benzene rings is 9. The molecule has 0 N–H and O–H groups in total. The molecule has 0 unspecified atom stereocenters. The van der Waals surface area contributed by atoms with Gasteiger partial charge in [-0.2, -0.15) is 0 Å². The Morgan fingerprint density at radius 3 is 1.42 bits per heavy atom. The minimum absolute atomic E-state index is 0.494. The first-order chi connectivity index (χ1) is 31.7. The first kappa shape index (κ1) is 35.7. The van der Waals surface area contributed by atoms with Crippen LogP contribution in [0.2, 0.25) is 0 Å². The molecule has 0 fully saturated rings. The lowest BCUT2D eigenvalue weighted by atomic mass is 9.51. The molecule has 3 aliphatic rings. The average molecular weight is 834 g/mol. The van der Waals surface area contributed by atoms with E-state index in [2.05, 4.69) is 176 Å². The SMILES string of the molecule is c1ccc(-c2nc(-c3ccc4c(c3)Sc3ccccc3C43c4ccccc4C4(c5ccccc5-c5ccccc54)c4ccccc43)nc(-c3ccc4c(c3)oc3ccccc34)n2)cc1. The Balaban J connectivity index is 1.01. The zero-order valence-corrected chi connectivity index (χ0v) is 35.2. The standard InChI is InChI=1S/C59H35N3OS/c1-2-16-36(17-3-1)55-60-56(37-30-32-42-41-20-6-14-28-51(41)63-52(42)34-37)62-57(61-55)38-31-33-50-54(35-38)64-53-29-15-13-27-49(53)59(50)47-25-11-9-23-45(47)58(46-24-10-12-26-48(46)59)43-21-7-4-18-39(43)40-19-5-8-22-44(40)58/h1-35H. The average Bonchev–Trinajstić information content (AvgIpc) is 3.89. The summed E-state index contributed by atoms with van der Waals surface area (Å²) in [5, 5.41) is 2.16. The molecule has 14 rings (SSSR count). The minimum atomic E-state index is -0.609. The van der Waals surface area contributed by atoms with Crippen LogP contribution in [0.5, 0.6) is 0 Å². The molecule has 0 amide bonds. The molecular weight excluding hydrogens is 799 g/mol. The molecule has 0 atom stereocenters. The molecule has 1 aliphatic heterocycles. The van der Waals surface area contributed by atoms with E-state index in [-0.39, 0.29) is 0 Å². The van der Waals surface area contributed by atoms with Crippen molar-refractivity contribution in [1.29, 1.82) is 0 Å². The molecule has 11 aromatic rings. The molecule has 9 aromatic carbocycles. The van der Waals surface area contributed by atoms with E-state index in [1.165, 1.54) is 65.4 Å². The number of furan rings is 1. The van der Waals surface area contributed by atoms with E-state index in [1.54, 1.807) is 0 Å². The molecule has 0 saturated carbocycles. The lowest BCUT2D eigenvalue weighted by Gasteiger charge is -2.51. The molecular formula is C59H35N3OS.